The molecule has 0 saturated heterocycles. The van der Waals surface area contributed by atoms with E-state index in [4.69, 9.17) is 0 Å². The predicted octanol–water partition coefficient (Wildman–Crippen LogP) is 1.63. The summed E-state index contributed by atoms with van der Waals surface area (Å²) in [4.78, 5) is 13.5. The normalized spacial score (nSPS) is 10.8. The summed E-state index contributed by atoms with van der Waals surface area (Å²) in [7, 11) is 1.54. The van der Waals surface area contributed by atoms with E-state index in [9.17, 15) is 10.1 Å². The number of aromatic nitrogens is 1. The number of azo groups is 1. The molecular formula is C5H6N4O2S. The molecular weight excluding hydrogens is 180 g/mol. The van der Waals surface area contributed by atoms with Crippen molar-refractivity contribution in [2.24, 2.45) is 10.2 Å². The van der Waals surface area contributed by atoms with Gasteiger partial charge in [-0.3, -0.25) is 10.1 Å². The molecule has 1 rings (SSSR count). The summed E-state index contributed by atoms with van der Waals surface area (Å²) < 4.78 is 0. The lowest BCUT2D eigenvalue weighted by Gasteiger charge is -1.81. The average Bonchev–Trinajstić information content (AvgIpc) is 2.48. The molecule has 0 amide bonds. The smallest absolute Gasteiger partial charge is 0.257 e. The maximum Gasteiger partial charge on any atom is 0.344 e. The molecule has 0 aliphatic carbocycles. The highest BCUT2D eigenvalue weighted by molar-refractivity contribution is 7.14. The van der Waals surface area contributed by atoms with Crippen LogP contribution in [0.3, 0.4) is 0 Å². The van der Waals surface area contributed by atoms with Crippen LogP contribution >= 0.6 is 11.3 Å². The predicted molar refractivity (Wildman–Crippen MR) is 43.3 cm³/mol. The van der Waals surface area contributed by atoms with Crippen molar-refractivity contribution in [1.82, 2.24) is 4.98 Å². The van der Waals surface area contributed by atoms with Crippen LogP contribution in [0.15, 0.2) is 16.4 Å². The summed E-state index contributed by atoms with van der Waals surface area (Å²) in [5.74, 6) is 0. The van der Waals surface area contributed by atoms with Gasteiger partial charge in [0.1, 0.15) is 17.7 Å². The molecule has 1 aromatic heterocycles. The van der Waals surface area contributed by atoms with Gasteiger partial charge >= 0.3 is 5.00 Å². The SMILES string of the molecule is CN=NCc1ncc([N+](=O)[O-])s1. The third-order valence-corrected chi connectivity index (χ3v) is 2.00. The molecule has 0 unspecified atom stereocenters. The second kappa shape index (κ2) is 3.86. The van der Waals surface area contributed by atoms with Gasteiger partial charge in [-0.25, -0.2) is 4.98 Å². The largest absolute Gasteiger partial charge is 0.344 e. The lowest BCUT2D eigenvalue weighted by molar-refractivity contribution is -0.380. The van der Waals surface area contributed by atoms with Crippen LogP contribution in [0.25, 0.3) is 0 Å². The summed E-state index contributed by atoms with van der Waals surface area (Å²) >= 11 is 1.02. The van der Waals surface area contributed by atoms with Crippen molar-refractivity contribution in [3.63, 3.8) is 0 Å². The van der Waals surface area contributed by atoms with Crippen molar-refractivity contribution in [2.75, 3.05) is 7.05 Å². The van der Waals surface area contributed by atoms with Gasteiger partial charge in [-0.05, 0) is 11.3 Å². The van der Waals surface area contributed by atoms with Gasteiger partial charge in [0.05, 0.1) is 4.92 Å². The number of nitrogens with zero attached hydrogens (tertiary/aromatic N) is 4. The Bertz CT molecular complexity index is 308. The van der Waals surface area contributed by atoms with Crippen LogP contribution in [0.1, 0.15) is 5.01 Å². The molecule has 64 valence electrons. The van der Waals surface area contributed by atoms with Crippen LogP contribution in [0, 0.1) is 10.1 Å². The number of hydrogen-bond acceptors (Lipinski definition) is 6. The van der Waals surface area contributed by atoms with Crippen molar-refractivity contribution in [3.8, 4) is 0 Å². The molecule has 0 N–H and O–H groups in total. The molecule has 1 aromatic rings. The second-order valence-corrected chi connectivity index (χ2v) is 2.94. The lowest BCUT2D eigenvalue weighted by Crippen LogP contribution is -1.80. The molecule has 12 heavy (non-hydrogen) atoms. The Morgan fingerprint density at radius 2 is 2.58 bits per heavy atom. The van der Waals surface area contributed by atoms with Crippen molar-refractivity contribution >= 4 is 16.3 Å². The molecule has 0 saturated carbocycles. The van der Waals surface area contributed by atoms with E-state index in [0.717, 1.165) is 11.3 Å². The van der Waals surface area contributed by atoms with E-state index < -0.39 is 4.92 Å². The maximum absolute atomic E-state index is 10.2. The van der Waals surface area contributed by atoms with Crippen LogP contribution in [0.5, 0.6) is 0 Å². The second-order valence-electron chi connectivity index (χ2n) is 1.85. The highest BCUT2D eigenvalue weighted by Crippen LogP contribution is 2.21. The van der Waals surface area contributed by atoms with Crippen LogP contribution in [0.2, 0.25) is 0 Å². The summed E-state index contributed by atoms with van der Waals surface area (Å²) in [6.07, 6.45) is 1.23. The molecule has 7 heteroatoms. The van der Waals surface area contributed by atoms with Crippen molar-refractivity contribution in [1.29, 1.82) is 0 Å². The molecule has 0 bridgehead atoms. The molecule has 0 aliphatic rings. The topological polar surface area (TPSA) is 80.8 Å². The van der Waals surface area contributed by atoms with E-state index >= 15 is 0 Å². The van der Waals surface area contributed by atoms with E-state index in [1.54, 1.807) is 7.05 Å². The quantitative estimate of drug-likeness (QED) is 0.408. The van der Waals surface area contributed by atoms with Crippen LogP contribution in [0.4, 0.5) is 5.00 Å². The fraction of sp³-hybridized carbons (Fsp3) is 0.400. The third kappa shape index (κ3) is 2.06. The molecule has 6 nitrogen and oxygen atoms in total. The van der Waals surface area contributed by atoms with Gasteiger partial charge in [0.2, 0.25) is 0 Å². The first-order chi connectivity index (χ1) is 5.74. The van der Waals surface area contributed by atoms with Gasteiger partial charge < -0.3 is 0 Å². The van der Waals surface area contributed by atoms with Crippen LogP contribution < -0.4 is 0 Å². The fourth-order valence-electron chi connectivity index (χ4n) is 0.589. The number of hydrogen-bond donors (Lipinski definition) is 0. The zero-order valence-electron chi connectivity index (χ0n) is 6.30. The number of rotatable bonds is 3. The summed E-state index contributed by atoms with van der Waals surface area (Å²) in [5.41, 5.74) is 0. The zero-order chi connectivity index (χ0) is 8.97. The van der Waals surface area contributed by atoms with E-state index in [-0.39, 0.29) is 5.00 Å². The Morgan fingerprint density at radius 1 is 1.83 bits per heavy atom. The van der Waals surface area contributed by atoms with Crippen LogP contribution in [-0.4, -0.2) is 17.0 Å². The molecule has 1 heterocycles. The summed E-state index contributed by atoms with van der Waals surface area (Å²) in [5, 5.41) is 18.0. The van der Waals surface area contributed by atoms with Crippen molar-refractivity contribution in [2.45, 2.75) is 6.54 Å². The first kappa shape index (κ1) is 8.72. The van der Waals surface area contributed by atoms with Gasteiger partial charge in [-0.15, -0.1) is 0 Å². The lowest BCUT2D eigenvalue weighted by atomic mass is 10.7. The van der Waals surface area contributed by atoms with Gasteiger partial charge in [0.25, 0.3) is 0 Å². The van der Waals surface area contributed by atoms with Crippen molar-refractivity contribution in [3.05, 3.63) is 21.3 Å². The molecule has 0 spiro atoms. The third-order valence-electron chi connectivity index (χ3n) is 1.07. The summed E-state index contributed by atoms with van der Waals surface area (Å²) in [6.45, 7) is 0.314. The monoisotopic (exact) mass is 186 g/mol. The Morgan fingerprint density at radius 3 is 3.08 bits per heavy atom. The Hall–Kier alpha value is -1.37. The fourth-order valence-corrected chi connectivity index (χ4v) is 1.24. The minimum Gasteiger partial charge on any atom is -0.257 e. The highest BCUT2D eigenvalue weighted by atomic mass is 32.1. The number of thiazole rings is 1. The minimum absolute atomic E-state index is 0.0382. The molecule has 0 radical (unpaired) electrons. The Kier molecular flexibility index (Phi) is 2.81. The highest BCUT2D eigenvalue weighted by Gasteiger charge is 2.10. The summed E-state index contributed by atoms with van der Waals surface area (Å²) in [6, 6.07) is 0. The molecule has 0 atom stereocenters. The van der Waals surface area contributed by atoms with E-state index in [2.05, 4.69) is 15.2 Å². The Balaban J connectivity index is 2.70. The standard InChI is InChI=1S/C5H6N4O2S/c1-6-8-2-4-7-3-5(12-4)9(10)11/h3H,2H2,1H3. The number of nitro groups is 1. The van der Waals surface area contributed by atoms with E-state index in [0.29, 0.717) is 11.6 Å². The first-order valence-electron chi connectivity index (χ1n) is 3.08. The molecule has 0 aromatic carbocycles. The first-order valence-corrected chi connectivity index (χ1v) is 3.90. The minimum atomic E-state index is -0.468. The average molecular weight is 186 g/mol. The van der Waals surface area contributed by atoms with E-state index in [1.807, 2.05) is 0 Å². The van der Waals surface area contributed by atoms with Gasteiger partial charge in [-0.1, -0.05) is 0 Å². The van der Waals surface area contributed by atoms with Crippen LogP contribution in [-0.2, 0) is 6.54 Å². The zero-order valence-corrected chi connectivity index (χ0v) is 7.11. The Labute approximate surface area is 72.1 Å². The molecule has 0 aliphatic heterocycles. The molecule has 0 fully saturated rings. The van der Waals surface area contributed by atoms with Gasteiger partial charge in [0, 0.05) is 7.05 Å². The van der Waals surface area contributed by atoms with Crippen molar-refractivity contribution < 1.29 is 4.92 Å². The van der Waals surface area contributed by atoms with Gasteiger partial charge in [-0.2, -0.15) is 10.2 Å². The maximum atomic E-state index is 10.2. The van der Waals surface area contributed by atoms with Gasteiger partial charge in [0.15, 0.2) is 0 Å². The van der Waals surface area contributed by atoms with E-state index in [1.165, 1.54) is 6.20 Å².